The van der Waals surface area contributed by atoms with Crippen LogP contribution in [-0.2, 0) is 0 Å². The van der Waals surface area contributed by atoms with Crippen molar-refractivity contribution in [1.82, 2.24) is 0 Å². The summed E-state index contributed by atoms with van der Waals surface area (Å²) in [6.07, 6.45) is 0. The Labute approximate surface area is 131 Å². The molecule has 100 valence electrons. The summed E-state index contributed by atoms with van der Waals surface area (Å²) >= 11 is 8.08. The summed E-state index contributed by atoms with van der Waals surface area (Å²) in [5.74, 6) is 0.0710. The second-order valence-corrected chi connectivity index (χ2v) is 7.36. The van der Waals surface area contributed by atoms with Crippen LogP contribution in [0.25, 0.3) is 0 Å². The number of aromatic hydroxyl groups is 1. The second kappa shape index (κ2) is 5.64. The first kappa shape index (κ1) is 14.6. The molecule has 0 saturated carbocycles. The maximum absolute atomic E-state index is 12.1. The van der Waals surface area contributed by atoms with Gasteiger partial charge in [-0.1, -0.05) is 0 Å². The van der Waals surface area contributed by atoms with Crippen LogP contribution in [0.2, 0.25) is 0 Å². The van der Waals surface area contributed by atoms with Crippen LogP contribution in [0, 0.1) is 13.8 Å². The molecule has 0 atom stereocenters. The average Bonchev–Trinajstić information content (AvgIpc) is 2.67. The van der Waals surface area contributed by atoms with E-state index >= 15 is 0 Å². The van der Waals surface area contributed by atoms with Gasteiger partial charge in [-0.15, -0.1) is 11.3 Å². The maximum Gasteiger partial charge on any atom is 0.265 e. The third-order valence-electron chi connectivity index (χ3n) is 2.66. The van der Waals surface area contributed by atoms with Crippen LogP contribution < -0.4 is 5.32 Å². The first-order valence-corrected chi connectivity index (χ1v) is 7.85. The summed E-state index contributed by atoms with van der Waals surface area (Å²) in [5, 5.41) is 12.4. The molecule has 0 radical (unpaired) electrons. The number of thiophene rings is 1. The molecule has 3 nitrogen and oxygen atoms in total. The highest BCUT2D eigenvalue weighted by atomic mass is 79.9. The molecule has 0 unspecified atom stereocenters. The molecule has 0 fully saturated rings. The smallest absolute Gasteiger partial charge is 0.265 e. The predicted octanol–water partition coefficient (Wildman–Crippen LogP) is 4.85. The van der Waals surface area contributed by atoms with Gasteiger partial charge in [0.1, 0.15) is 5.75 Å². The van der Waals surface area contributed by atoms with Gasteiger partial charge in [-0.3, -0.25) is 4.79 Å². The minimum absolute atomic E-state index is 0.162. The number of phenols is 1. The van der Waals surface area contributed by atoms with Crippen LogP contribution >= 0.6 is 43.2 Å². The van der Waals surface area contributed by atoms with E-state index in [2.05, 4.69) is 37.2 Å². The van der Waals surface area contributed by atoms with E-state index in [1.807, 2.05) is 6.92 Å². The fourth-order valence-electron chi connectivity index (χ4n) is 1.58. The summed E-state index contributed by atoms with van der Waals surface area (Å²) < 4.78 is 1.75. The summed E-state index contributed by atoms with van der Waals surface area (Å²) in [7, 11) is 0. The Hall–Kier alpha value is -0.850. The first-order valence-electron chi connectivity index (χ1n) is 5.45. The molecule has 0 saturated heterocycles. The Kier molecular flexibility index (Phi) is 4.32. The lowest BCUT2D eigenvalue weighted by molar-refractivity contribution is 0.103. The highest BCUT2D eigenvalue weighted by Gasteiger charge is 2.13. The third-order valence-corrected chi connectivity index (χ3v) is 5.92. The van der Waals surface area contributed by atoms with Gasteiger partial charge in [-0.2, -0.15) is 0 Å². The largest absolute Gasteiger partial charge is 0.508 e. The van der Waals surface area contributed by atoms with Crippen molar-refractivity contribution in [1.29, 1.82) is 0 Å². The molecule has 2 aromatic rings. The summed E-state index contributed by atoms with van der Waals surface area (Å²) in [6.45, 7) is 3.64. The number of aryl methyl sites for hydroxylation is 2. The highest BCUT2D eigenvalue weighted by Crippen LogP contribution is 2.33. The number of rotatable bonds is 2. The van der Waals surface area contributed by atoms with Crippen molar-refractivity contribution in [2.24, 2.45) is 0 Å². The van der Waals surface area contributed by atoms with E-state index in [4.69, 9.17) is 0 Å². The summed E-state index contributed by atoms with van der Waals surface area (Å²) in [5.41, 5.74) is 2.27. The number of benzene rings is 1. The molecule has 1 heterocycles. The molecule has 6 heteroatoms. The molecule has 1 aromatic heterocycles. The molecule has 0 aliphatic heterocycles. The van der Waals surface area contributed by atoms with Crippen molar-refractivity contribution in [2.45, 2.75) is 13.8 Å². The highest BCUT2D eigenvalue weighted by molar-refractivity contribution is 9.13. The number of carbonyl (C=O) groups is 1. The van der Waals surface area contributed by atoms with Gasteiger partial charge in [0, 0.05) is 10.2 Å². The number of amides is 1. The number of carbonyl (C=O) groups excluding carboxylic acids is 1. The quantitative estimate of drug-likeness (QED) is 0.703. The minimum atomic E-state index is -0.162. The van der Waals surface area contributed by atoms with Crippen molar-refractivity contribution < 1.29 is 9.90 Å². The monoisotopic (exact) mass is 403 g/mol. The standard InChI is InChI=1S/C13H11Br2NO2S/c1-6-4-10(17)7(2)3-9(6)16-13(18)11-5-8(14)12(15)19-11/h3-5,17H,1-2H3,(H,16,18). The van der Waals surface area contributed by atoms with Gasteiger partial charge in [-0.25, -0.2) is 0 Å². The second-order valence-electron chi connectivity index (χ2n) is 4.14. The molecule has 0 aliphatic carbocycles. The zero-order valence-electron chi connectivity index (χ0n) is 10.3. The first-order chi connectivity index (χ1) is 8.88. The number of halogens is 2. The average molecular weight is 405 g/mol. The topological polar surface area (TPSA) is 49.3 Å². The Bertz CT molecular complexity index is 633. The van der Waals surface area contributed by atoms with Crippen molar-refractivity contribution >= 4 is 54.8 Å². The fraction of sp³-hybridized carbons (Fsp3) is 0.154. The Morgan fingerprint density at radius 3 is 2.47 bits per heavy atom. The molecule has 0 bridgehead atoms. The SMILES string of the molecule is Cc1cc(NC(=O)c2cc(Br)c(Br)s2)c(C)cc1O. The molecule has 1 amide bonds. The zero-order chi connectivity index (χ0) is 14.2. The van der Waals surface area contributed by atoms with Gasteiger partial charge >= 0.3 is 0 Å². The van der Waals surface area contributed by atoms with E-state index < -0.39 is 0 Å². The van der Waals surface area contributed by atoms with Crippen LogP contribution in [0.15, 0.2) is 26.5 Å². The van der Waals surface area contributed by atoms with Crippen molar-refractivity contribution in [3.63, 3.8) is 0 Å². The fourth-order valence-corrected chi connectivity index (χ4v) is 3.51. The summed E-state index contributed by atoms with van der Waals surface area (Å²) in [6, 6.07) is 5.18. The molecule has 19 heavy (non-hydrogen) atoms. The lowest BCUT2D eigenvalue weighted by atomic mass is 10.1. The van der Waals surface area contributed by atoms with Gasteiger partial charge in [-0.05, 0) is 75.0 Å². The van der Waals surface area contributed by atoms with Crippen molar-refractivity contribution in [3.05, 3.63) is 42.5 Å². The normalized spacial score (nSPS) is 10.5. The Morgan fingerprint density at radius 1 is 1.21 bits per heavy atom. The number of nitrogens with one attached hydrogen (secondary N) is 1. The van der Waals surface area contributed by atoms with Crippen LogP contribution in [0.1, 0.15) is 20.8 Å². The minimum Gasteiger partial charge on any atom is -0.508 e. The number of anilines is 1. The number of hydrogen-bond acceptors (Lipinski definition) is 3. The lowest BCUT2D eigenvalue weighted by Gasteiger charge is -2.09. The Balaban J connectivity index is 2.26. The molecule has 0 spiro atoms. The van der Waals surface area contributed by atoms with E-state index in [0.717, 1.165) is 19.4 Å². The molecule has 0 aliphatic rings. The van der Waals surface area contributed by atoms with Gasteiger partial charge in [0.25, 0.3) is 5.91 Å². The summed E-state index contributed by atoms with van der Waals surface area (Å²) in [4.78, 5) is 12.7. The zero-order valence-corrected chi connectivity index (χ0v) is 14.2. The third kappa shape index (κ3) is 3.19. The van der Waals surface area contributed by atoms with Gasteiger partial charge in [0.2, 0.25) is 0 Å². The molecule has 2 N–H and O–H groups in total. The van der Waals surface area contributed by atoms with E-state index in [1.165, 1.54) is 11.3 Å². The predicted molar refractivity (Wildman–Crippen MR) is 85.3 cm³/mol. The van der Waals surface area contributed by atoms with E-state index in [9.17, 15) is 9.90 Å². The van der Waals surface area contributed by atoms with Crippen LogP contribution in [-0.4, -0.2) is 11.0 Å². The van der Waals surface area contributed by atoms with E-state index in [-0.39, 0.29) is 11.7 Å². The van der Waals surface area contributed by atoms with Gasteiger partial charge in [0.05, 0.1) is 8.66 Å². The van der Waals surface area contributed by atoms with Crippen LogP contribution in [0.3, 0.4) is 0 Å². The van der Waals surface area contributed by atoms with E-state index in [0.29, 0.717) is 10.6 Å². The van der Waals surface area contributed by atoms with Gasteiger partial charge < -0.3 is 10.4 Å². The molecule has 1 aromatic carbocycles. The van der Waals surface area contributed by atoms with Crippen molar-refractivity contribution in [2.75, 3.05) is 5.32 Å². The molecular weight excluding hydrogens is 394 g/mol. The molecular formula is C13H11Br2NO2S. The van der Waals surface area contributed by atoms with Crippen LogP contribution in [0.4, 0.5) is 5.69 Å². The number of hydrogen-bond donors (Lipinski definition) is 2. The Morgan fingerprint density at radius 2 is 1.89 bits per heavy atom. The van der Waals surface area contributed by atoms with Gasteiger partial charge in [0.15, 0.2) is 0 Å². The maximum atomic E-state index is 12.1. The lowest BCUT2D eigenvalue weighted by Crippen LogP contribution is -2.11. The molecule has 2 rings (SSSR count). The van der Waals surface area contributed by atoms with Crippen LogP contribution in [0.5, 0.6) is 5.75 Å². The number of phenolic OH excluding ortho intramolecular Hbond substituents is 1. The van der Waals surface area contributed by atoms with Crippen molar-refractivity contribution in [3.8, 4) is 5.75 Å². The van der Waals surface area contributed by atoms with E-state index in [1.54, 1.807) is 25.1 Å².